The lowest BCUT2D eigenvalue weighted by molar-refractivity contribution is 0.893. The van der Waals surface area contributed by atoms with E-state index < -0.39 is 0 Å². The number of hydrogen-bond acceptors (Lipinski definition) is 3. The van der Waals surface area contributed by atoms with Gasteiger partial charge >= 0.3 is 0 Å². The Balaban J connectivity index is 1.28. The Labute approximate surface area is 292 Å². The first-order valence-corrected chi connectivity index (χ1v) is 17.1. The fourth-order valence-electron chi connectivity index (χ4n) is 7.91. The highest BCUT2D eigenvalue weighted by atomic mass is 15.3. The van der Waals surface area contributed by atoms with E-state index in [1.54, 1.807) is 0 Å². The number of hydrogen-bond donors (Lipinski definition) is 0. The molecule has 6 heteroatoms. The van der Waals surface area contributed by atoms with Crippen LogP contribution in [-0.4, -0.2) is 28.7 Å². The number of fused-ring (bicyclic) bond motifs is 9. The van der Waals surface area contributed by atoms with E-state index in [2.05, 4.69) is 165 Å². The second kappa shape index (κ2) is 10.7. The standard InChI is InChI=1S/C45H28N6/c1-3-15-29(16-4-1)43-46-44(50-38-24-12-7-19-31(38)32-20-8-13-25-39(32)50)48-45(47-43)51-40-26-14-10-22-34(40)36-27-35-33-21-9-11-23-37(33)49(41(35)28-42(36)51)30-17-5-2-6-18-30/h1-28H. The molecule has 0 N–H and O–H groups in total. The molecule has 51 heavy (non-hydrogen) atoms. The third kappa shape index (κ3) is 4.07. The molecule has 0 radical (unpaired) electrons. The van der Waals surface area contributed by atoms with Gasteiger partial charge in [0.1, 0.15) is 0 Å². The van der Waals surface area contributed by atoms with Crippen LogP contribution >= 0.6 is 0 Å². The van der Waals surface area contributed by atoms with Gasteiger partial charge in [-0.3, -0.25) is 9.13 Å². The lowest BCUT2D eigenvalue weighted by Crippen LogP contribution is -2.10. The van der Waals surface area contributed by atoms with Crippen LogP contribution in [0.3, 0.4) is 0 Å². The fraction of sp³-hybridized carbons (Fsp3) is 0. The molecule has 0 unspecified atom stereocenters. The Kier molecular flexibility index (Phi) is 5.86. The summed E-state index contributed by atoms with van der Waals surface area (Å²) >= 11 is 0. The van der Waals surface area contributed by atoms with E-state index in [0.717, 1.165) is 60.4 Å². The summed E-state index contributed by atoms with van der Waals surface area (Å²) in [5.41, 5.74) is 8.50. The molecule has 0 fully saturated rings. The molecule has 0 saturated heterocycles. The highest BCUT2D eigenvalue weighted by molar-refractivity contribution is 6.19. The lowest BCUT2D eigenvalue weighted by Gasteiger charge is -2.13. The number of aromatic nitrogens is 6. The van der Waals surface area contributed by atoms with Gasteiger partial charge in [-0.2, -0.15) is 15.0 Å². The lowest BCUT2D eigenvalue weighted by atomic mass is 10.1. The molecule has 0 amide bonds. The molecule has 4 heterocycles. The van der Waals surface area contributed by atoms with Gasteiger partial charge in [-0.25, -0.2) is 0 Å². The summed E-state index contributed by atoms with van der Waals surface area (Å²) in [6.07, 6.45) is 0. The van der Waals surface area contributed by atoms with Crippen molar-refractivity contribution in [1.82, 2.24) is 28.7 Å². The van der Waals surface area contributed by atoms with Crippen molar-refractivity contribution < 1.29 is 0 Å². The molecule has 0 aliphatic heterocycles. The summed E-state index contributed by atoms with van der Waals surface area (Å²) in [4.78, 5) is 15.8. The summed E-state index contributed by atoms with van der Waals surface area (Å²) < 4.78 is 6.74. The maximum Gasteiger partial charge on any atom is 0.240 e. The molecule has 238 valence electrons. The molecule has 11 rings (SSSR count). The van der Waals surface area contributed by atoms with Crippen LogP contribution in [-0.2, 0) is 0 Å². The predicted octanol–water partition coefficient (Wildman–Crippen LogP) is 10.8. The van der Waals surface area contributed by atoms with Gasteiger partial charge in [-0.15, -0.1) is 0 Å². The van der Waals surface area contributed by atoms with Gasteiger partial charge < -0.3 is 4.57 Å². The Hall–Kier alpha value is -7.05. The van der Waals surface area contributed by atoms with Gasteiger partial charge in [0.2, 0.25) is 11.9 Å². The van der Waals surface area contributed by atoms with E-state index in [1.807, 2.05) is 18.2 Å². The van der Waals surface area contributed by atoms with Crippen molar-refractivity contribution in [2.45, 2.75) is 0 Å². The molecular formula is C45H28N6. The van der Waals surface area contributed by atoms with Crippen LogP contribution < -0.4 is 0 Å². The first-order chi connectivity index (χ1) is 25.3. The molecule has 7 aromatic carbocycles. The van der Waals surface area contributed by atoms with Crippen LogP contribution in [0.1, 0.15) is 0 Å². The Morgan fingerprint density at radius 2 is 0.686 bits per heavy atom. The van der Waals surface area contributed by atoms with Gasteiger partial charge in [0.25, 0.3) is 0 Å². The molecule has 6 nitrogen and oxygen atoms in total. The fourth-order valence-corrected chi connectivity index (χ4v) is 7.91. The molecule has 0 aliphatic rings. The maximum absolute atomic E-state index is 5.34. The first-order valence-electron chi connectivity index (χ1n) is 17.1. The molecule has 0 aliphatic carbocycles. The van der Waals surface area contributed by atoms with Crippen molar-refractivity contribution in [3.8, 4) is 29.0 Å². The molecule has 0 spiro atoms. The van der Waals surface area contributed by atoms with E-state index >= 15 is 0 Å². The van der Waals surface area contributed by atoms with Crippen molar-refractivity contribution in [3.05, 3.63) is 170 Å². The minimum absolute atomic E-state index is 0.564. The molecule has 11 aromatic rings. The van der Waals surface area contributed by atoms with Crippen molar-refractivity contribution in [3.63, 3.8) is 0 Å². The Bertz CT molecular complexity index is 3080. The summed E-state index contributed by atoms with van der Waals surface area (Å²) in [6, 6.07) is 59.6. The van der Waals surface area contributed by atoms with E-state index in [0.29, 0.717) is 17.7 Å². The van der Waals surface area contributed by atoms with Crippen molar-refractivity contribution in [2.24, 2.45) is 0 Å². The van der Waals surface area contributed by atoms with Gasteiger partial charge in [-0.05, 0) is 48.5 Å². The average molecular weight is 653 g/mol. The van der Waals surface area contributed by atoms with Crippen LogP contribution in [0.4, 0.5) is 0 Å². The van der Waals surface area contributed by atoms with Crippen molar-refractivity contribution >= 4 is 65.4 Å². The highest BCUT2D eigenvalue weighted by Gasteiger charge is 2.22. The molecule has 4 aromatic heterocycles. The van der Waals surface area contributed by atoms with E-state index in [-0.39, 0.29) is 0 Å². The summed E-state index contributed by atoms with van der Waals surface area (Å²) in [6.45, 7) is 0. The summed E-state index contributed by atoms with van der Waals surface area (Å²) in [7, 11) is 0. The molecule has 0 bridgehead atoms. The zero-order chi connectivity index (χ0) is 33.5. The largest absolute Gasteiger partial charge is 0.309 e. The first kappa shape index (κ1) is 27.9. The third-order valence-corrected chi connectivity index (χ3v) is 10.1. The van der Waals surface area contributed by atoms with Crippen LogP contribution in [0, 0.1) is 0 Å². The zero-order valence-electron chi connectivity index (χ0n) is 27.3. The van der Waals surface area contributed by atoms with Crippen LogP contribution in [0.25, 0.3) is 94.4 Å². The molecule has 0 atom stereocenters. The quantitative estimate of drug-likeness (QED) is 0.190. The Morgan fingerprint density at radius 3 is 1.22 bits per heavy atom. The number of para-hydroxylation sites is 5. The summed E-state index contributed by atoms with van der Waals surface area (Å²) in [5, 5.41) is 7.03. The normalized spacial score (nSPS) is 11.9. The maximum atomic E-state index is 5.34. The van der Waals surface area contributed by atoms with Crippen molar-refractivity contribution in [2.75, 3.05) is 0 Å². The smallest absolute Gasteiger partial charge is 0.240 e. The van der Waals surface area contributed by atoms with Gasteiger partial charge in [0, 0.05) is 43.6 Å². The van der Waals surface area contributed by atoms with Crippen LogP contribution in [0.15, 0.2) is 170 Å². The van der Waals surface area contributed by atoms with Crippen molar-refractivity contribution in [1.29, 1.82) is 0 Å². The Morgan fingerprint density at radius 1 is 0.294 bits per heavy atom. The summed E-state index contributed by atoms with van der Waals surface area (Å²) in [5.74, 6) is 1.75. The van der Waals surface area contributed by atoms with Gasteiger partial charge in [0.05, 0.1) is 33.1 Å². The minimum atomic E-state index is 0.564. The molecular weight excluding hydrogens is 625 g/mol. The third-order valence-electron chi connectivity index (χ3n) is 10.1. The van der Waals surface area contributed by atoms with Gasteiger partial charge in [0.15, 0.2) is 5.82 Å². The highest BCUT2D eigenvalue weighted by Crippen LogP contribution is 2.40. The number of benzene rings is 7. The average Bonchev–Trinajstić information content (AvgIpc) is 3.83. The number of nitrogens with zero attached hydrogens (tertiary/aromatic N) is 6. The molecule has 0 saturated carbocycles. The number of rotatable bonds is 4. The monoisotopic (exact) mass is 652 g/mol. The topological polar surface area (TPSA) is 53.5 Å². The second-order valence-electron chi connectivity index (χ2n) is 12.9. The van der Waals surface area contributed by atoms with Crippen LogP contribution in [0.5, 0.6) is 0 Å². The van der Waals surface area contributed by atoms with E-state index in [9.17, 15) is 0 Å². The van der Waals surface area contributed by atoms with Gasteiger partial charge in [-0.1, -0.05) is 121 Å². The SMILES string of the molecule is c1ccc(-c2nc(-n3c4ccccc4c4ccccc43)nc(-n3c4ccccc4c4cc5c6ccccc6n(-c6ccccc6)c5cc43)n2)cc1. The van der Waals surface area contributed by atoms with E-state index in [1.165, 1.54) is 16.3 Å². The van der Waals surface area contributed by atoms with Crippen LogP contribution in [0.2, 0.25) is 0 Å². The zero-order valence-corrected chi connectivity index (χ0v) is 27.3. The second-order valence-corrected chi connectivity index (χ2v) is 12.9. The predicted molar refractivity (Wildman–Crippen MR) is 208 cm³/mol. The minimum Gasteiger partial charge on any atom is -0.309 e. The van der Waals surface area contributed by atoms with E-state index in [4.69, 9.17) is 15.0 Å².